The second-order valence-electron chi connectivity index (χ2n) is 5.91. The third kappa shape index (κ3) is 2.90. The molecule has 3 N–H and O–H groups in total. The first-order valence-electron chi connectivity index (χ1n) is 6.79. The normalized spacial score (nSPS) is 20.5. The number of thiophene rings is 1. The predicted octanol–water partition coefficient (Wildman–Crippen LogP) is 4.51. The lowest BCUT2D eigenvalue weighted by molar-refractivity contribution is 0.158. The van der Waals surface area contributed by atoms with Gasteiger partial charge in [0, 0.05) is 4.88 Å². The van der Waals surface area contributed by atoms with Crippen LogP contribution in [-0.2, 0) is 0 Å². The van der Waals surface area contributed by atoms with Gasteiger partial charge in [0.25, 0.3) is 0 Å². The van der Waals surface area contributed by atoms with E-state index in [-0.39, 0.29) is 6.04 Å². The molecule has 0 radical (unpaired) electrons. The number of rotatable bonds is 5. The summed E-state index contributed by atoms with van der Waals surface area (Å²) in [5.41, 5.74) is 3.39. The van der Waals surface area contributed by atoms with E-state index in [2.05, 4.69) is 25.3 Å². The first kappa shape index (κ1) is 14.3. The SMILES string of the molecule is CC(C)CC1(C(NN)c2ccc(Cl)s2)CCCC1. The van der Waals surface area contributed by atoms with Gasteiger partial charge in [-0.1, -0.05) is 38.3 Å². The van der Waals surface area contributed by atoms with Crippen LogP contribution in [0.25, 0.3) is 0 Å². The molecule has 1 aliphatic rings. The zero-order chi connectivity index (χ0) is 13.2. The van der Waals surface area contributed by atoms with Gasteiger partial charge in [0.05, 0.1) is 10.4 Å². The Hall–Kier alpha value is -0.0900. The number of nitrogens with one attached hydrogen (secondary N) is 1. The molecule has 0 aliphatic heterocycles. The van der Waals surface area contributed by atoms with E-state index in [9.17, 15) is 0 Å². The Balaban J connectivity index is 2.27. The van der Waals surface area contributed by atoms with Crippen LogP contribution in [0.1, 0.15) is 56.9 Å². The van der Waals surface area contributed by atoms with Crippen molar-refractivity contribution in [3.8, 4) is 0 Å². The molecule has 0 bridgehead atoms. The molecule has 1 atom stereocenters. The minimum atomic E-state index is 0.250. The van der Waals surface area contributed by atoms with Crippen LogP contribution in [-0.4, -0.2) is 0 Å². The maximum Gasteiger partial charge on any atom is 0.0931 e. The van der Waals surface area contributed by atoms with Crippen molar-refractivity contribution in [1.82, 2.24) is 5.43 Å². The molecule has 1 heterocycles. The van der Waals surface area contributed by atoms with E-state index in [0.29, 0.717) is 11.3 Å². The summed E-state index contributed by atoms with van der Waals surface area (Å²) in [7, 11) is 0. The fourth-order valence-electron chi connectivity index (χ4n) is 3.55. The van der Waals surface area contributed by atoms with Crippen molar-refractivity contribution in [3.63, 3.8) is 0 Å². The second kappa shape index (κ2) is 5.91. The Bertz CT molecular complexity index is 383. The molecule has 1 aromatic heterocycles. The molecule has 1 saturated carbocycles. The van der Waals surface area contributed by atoms with Gasteiger partial charge in [-0.2, -0.15) is 0 Å². The van der Waals surface area contributed by atoms with Crippen LogP contribution in [0.2, 0.25) is 4.34 Å². The quantitative estimate of drug-likeness (QED) is 0.617. The number of hydrogen-bond donors (Lipinski definition) is 2. The van der Waals surface area contributed by atoms with Crippen LogP contribution < -0.4 is 11.3 Å². The van der Waals surface area contributed by atoms with Gasteiger partial charge >= 0.3 is 0 Å². The molecule has 1 fully saturated rings. The van der Waals surface area contributed by atoms with E-state index in [0.717, 1.165) is 4.34 Å². The number of hydrazine groups is 1. The van der Waals surface area contributed by atoms with Crippen molar-refractivity contribution in [2.45, 2.75) is 52.0 Å². The zero-order valence-corrected chi connectivity index (χ0v) is 12.8. The fourth-order valence-corrected chi connectivity index (χ4v) is 4.81. The highest BCUT2D eigenvalue weighted by Gasteiger charge is 2.42. The lowest BCUT2D eigenvalue weighted by Gasteiger charge is -2.38. The summed E-state index contributed by atoms with van der Waals surface area (Å²) in [5.74, 6) is 6.57. The molecule has 2 nitrogen and oxygen atoms in total. The molecule has 1 aliphatic carbocycles. The van der Waals surface area contributed by atoms with E-state index in [1.165, 1.54) is 37.0 Å². The average Bonchev–Trinajstić information content (AvgIpc) is 2.89. The number of halogens is 1. The van der Waals surface area contributed by atoms with Crippen molar-refractivity contribution in [3.05, 3.63) is 21.3 Å². The largest absolute Gasteiger partial charge is 0.271 e. The van der Waals surface area contributed by atoms with Crippen LogP contribution in [0.4, 0.5) is 0 Å². The van der Waals surface area contributed by atoms with E-state index >= 15 is 0 Å². The van der Waals surface area contributed by atoms with Crippen LogP contribution >= 0.6 is 22.9 Å². The van der Waals surface area contributed by atoms with Gasteiger partial charge in [-0.3, -0.25) is 11.3 Å². The van der Waals surface area contributed by atoms with Crippen molar-refractivity contribution in [1.29, 1.82) is 0 Å². The lowest BCUT2D eigenvalue weighted by atomic mass is 9.72. The zero-order valence-electron chi connectivity index (χ0n) is 11.2. The fraction of sp³-hybridized carbons (Fsp3) is 0.714. The van der Waals surface area contributed by atoms with E-state index in [1.54, 1.807) is 11.3 Å². The molecule has 0 aromatic carbocycles. The summed E-state index contributed by atoms with van der Waals surface area (Å²) in [5, 5.41) is 0. The minimum Gasteiger partial charge on any atom is -0.271 e. The van der Waals surface area contributed by atoms with E-state index < -0.39 is 0 Å². The number of nitrogens with two attached hydrogens (primary N) is 1. The molecule has 2 rings (SSSR count). The topological polar surface area (TPSA) is 38.0 Å². The standard InChI is InChI=1S/C14H23ClN2S/c1-10(2)9-14(7-3-4-8-14)13(17-16)11-5-6-12(15)18-11/h5-6,10,13,17H,3-4,7-9,16H2,1-2H3. The molecule has 0 amide bonds. The van der Waals surface area contributed by atoms with Gasteiger partial charge in [-0.25, -0.2) is 0 Å². The highest BCUT2D eigenvalue weighted by atomic mass is 35.5. The van der Waals surface area contributed by atoms with Gasteiger partial charge in [0.15, 0.2) is 0 Å². The van der Waals surface area contributed by atoms with Crippen molar-refractivity contribution in [2.24, 2.45) is 17.2 Å². The molecule has 0 saturated heterocycles. The third-order valence-electron chi connectivity index (χ3n) is 4.07. The molecular weight excluding hydrogens is 264 g/mol. The van der Waals surface area contributed by atoms with Crippen LogP contribution in [0.3, 0.4) is 0 Å². The summed E-state index contributed by atoms with van der Waals surface area (Å²) in [6, 6.07) is 4.35. The van der Waals surface area contributed by atoms with Crippen LogP contribution in [0, 0.1) is 11.3 Å². The third-order valence-corrected chi connectivity index (χ3v) is 5.37. The Morgan fingerprint density at radius 3 is 2.50 bits per heavy atom. The number of hydrogen-bond acceptors (Lipinski definition) is 3. The van der Waals surface area contributed by atoms with Crippen LogP contribution in [0.15, 0.2) is 12.1 Å². The molecule has 4 heteroatoms. The van der Waals surface area contributed by atoms with Gasteiger partial charge in [0.2, 0.25) is 0 Å². The predicted molar refractivity (Wildman–Crippen MR) is 79.7 cm³/mol. The smallest absolute Gasteiger partial charge is 0.0931 e. The summed E-state index contributed by atoms with van der Waals surface area (Å²) in [4.78, 5) is 1.28. The van der Waals surface area contributed by atoms with Gasteiger partial charge in [0.1, 0.15) is 0 Å². The maximum absolute atomic E-state index is 6.07. The summed E-state index contributed by atoms with van der Waals surface area (Å²) in [6.45, 7) is 4.60. The Kier molecular flexibility index (Phi) is 4.70. The average molecular weight is 287 g/mol. The van der Waals surface area contributed by atoms with Crippen molar-refractivity contribution in [2.75, 3.05) is 0 Å². The van der Waals surface area contributed by atoms with E-state index in [1.807, 2.05) is 6.07 Å². The molecule has 1 aromatic rings. The summed E-state index contributed by atoms with van der Waals surface area (Å²) >= 11 is 7.73. The highest BCUT2D eigenvalue weighted by Crippen LogP contribution is 2.52. The van der Waals surface area contributed by atoms with Crippen LogP contribution in [0.5, 0.6) is 0 Å². The first-order chi connectivity index (χ1) is 8.57. The first-order valence-corrected chi connectivity index (χ1v) is 7.98. The lowest BCUT2D eigenvalue weighted by Crippen LogP contribution is -2.40. The monoisotopic (exact) mass is 286 g/mol. The van der Waals surface area contributed by atoms with Crippen molar-refractivity contribution < 1.29 is 0 Å². The van der Waals surface area contributed by atoms with Gasteiger partial charge in [-0.05, 0) is 42.7 Å². The minimum absolute atomic E-state index is 0.250. The molecule has 18 heavy (non-hydrogen) atoms. The maximum atomic E-state index is 6.07. The summed E-state index contributed by atoms with van der Waals surface area (Å²) < 4.78 is 0.850. The van der Waals surface area contributed by atoms with Crippen molar-refractivity contribution >= 4 is 22.9 Å². The Morgan fingerprint density at radius 1 is 1.39 bits per heavy atom. The van der Waals surface area contributed by atoms with Gasteiger partial charge < -0.3 is 0 Å². The Morgan fingerprint density at radius 2 is 2.06 bits per heavy atom. The molecule has 1 unspecified atom stereocenters. The molecular formula is C14H23ClN2S. The second-order valence-corrected chi connectivity index (χ2v) is 7.66. The van der Waals surface area contributed by atoms with E-state index in [4.69, 9.17) is 17.4 Å². The molecule has 0 spiro atoms. The van der Waals surface area contributed by atoms with Gasteiger partial charge in [-0.15, -0.1) is 11.3 Å². The Labute approximate surface area is 119 Å². The molecule has 102 valence electrons. The summed E-state index contributed by atoms with van der Waals surface area (Å²) in [6.07, 6.45) is 6.43. The highest BCUT2D eigenvalue weighted by molar-refractivity contribution is 7.16.